The molecule has 0 heterocycles. The minimum Gasteiger partial charge on any atom is -0.463 e. The number of carbonyl (C=O) groups excluding carboxylic acids is 2. The molecule has 0 aliphatic heterocycles. The van der Waals surface area contributed by atoms with Crippen molar-refractivity contribution in [2.75, 3.05) is 13.1 Å². The Balaban J connectivity index is 5.61. The van der Waals surface area contributed by atoms with Crippen LogP contribution < -0.4 is 0 Å². The van der Waals surface area contributed by atoms with Gasteiger partial charge in [-0.15, -0.1) is 0 Å². The Kier molecular flexibility index (Phi) is 19.1. The second kappa shape index (κ2) is 19.5. The number of carbonyl (C=O) groups is 2. The zero-order valence-electron chi connectivity index (χ0n) is 22.8. The van der Waals surface area contributed by atoms with Gasteiger partial charge in [0.05, 0.1) is 44.5 Å². The number of thiol groups is 1. The number of quaternary nitrogens is 1. The standard InChI is InChI=1S/C27H52NO4S2/c1-7-11-13-15-17-19-28(34,20-18-16-14-12-8-2)26(33)24(27(30)32-23(6)10-4)21-25(29)31-22(5)9-3/h22-24,34H,7-21H2,1-6H3/q+1. The molecule has 0 N–H and O–H groups in total. The van der Waals surface area contributed by atoms with Gasteiger partial charge in [-0.3, -0.25) is 9.59 Å². The molecule has 0 amide bonds. The number of thiocarbonyl (C=S) groups is 1. The molecule has 0 radical (unpaired) electrons. The maximum absolute atomic E-state index is 13.2. The van der Waals surface area contributed by atoms with Gasteiger partial charge >= 0.3 is 11.9 Å². The summed E-state index contributed by atoms with van der Waals surface area (Å²) in [6.45, 7) is 13.6. The van der Waals surface area contributed by atoms with Crippen LogP contribution in [0.5, 0.6) is 0 Å². The summed E-state index contributed by atoms with van der Waals surface area (Å²) in [5.74, 6) is -1.67. The molecule has 5 nitrogen and oxygen atoms in total. The lowest BCUT2D eigenvalue weighted by Crippen LogP contribution is -2.50. The van der Waals surface area contributed by atoms with Crippen LogP contribution in [0, 0.1) is 5.92 Å². The lowest BCUT2D eigenvalue weighted by molar-refractivity contribution is -0.696. The summed E-state index contributed by atoms with van der Waals surface area (Å²) in [5, 5.41) is 0. The predicted molar refractivity (Wildman–Crippen MR) is 149 cm³/mol. The van der Waals surface area contributed by atoms with Crippen LogP contribution in [0.2, 0.25) is 0 Å². The molecule has 34 heavy (non-hydrogen) atoms. The SMILES string of the molecule is CCCCCCC[N+](S)(CCCCCCC)C(=S)C(CC(=O)OC(C)CC)C(=O)OC(C)CC. The van der Waals surface area contributed by atoms with Gasteiger partial charge in [0.15, 0.2) is 5.92 Å². The van der Waals surface area contributed by atoms with Gasteiger partial charge in [-0.25, -0.2) is 3.89 Å². The van der Waals surface area contributed by atoms with Gasteiger partial charge < -0.3 is 9.47 Å². The van der Waals surface area contributed by atoms with E-state index >= 15 is 0 Å². The van der Waals surface area contributed by atoms with Crippen LogP contribution in [-0.4, -0.2) is 46.1 Å². The van der Waals surface area contributed by atoms with Gasteiger partial charge in [0.1, 0.15) is 0 Å². The van der Waals surface area contributed by atoms with E-state index < -0.39 is 17.9 Å². The fraction of sp³-hybridized carbons (Fsp3) is 0.889. The highest BCUT2D eigenvalue weighted by Gasteiger charge is 2.42. The second-order valence-corrected chi connectivity index (χ2v) is 10.8. The van der Waals surface area contributed by atoms with Crippen molar-refractivity contribution in [3.05, 3.63) is 0 Å². The Morgan fingerprint density at radius 2 is 1.21 bits per heavy atom. The summed E-state index contributed by atoms with van der Waals surface area (Å²) in [6.07, 6.45) is 12.3. The minimum absolute atomic E-state index is 0.0926. The van der Waals surface area contributed by atoms with Crippen molar-refractivity contribution in [3.8, 4) is 0 Å². The Morgan fingerprint density at radius 1 is 0.765 bits per heavy atom. The van der Waals surface area contributed by atoms with Gasteiger partial charge in [-0.2, -0.15) is 0 Å². The maximum atomic E-state index is 13.2. The van der Waals surface area contributed by atoms with E-state index in [1.807, 2.05) is 27.7 Å². The van der Waals surface area contributed by atoms with Crippen molar-refractivity contribution >= 4 is 42.0 Å². The van der Waals surface area contributed by atoms with Crippen molar-refractivity contribution in [3.63, 3.8) is 0 Å². The lowest BCUT2D eigenvalue weighted by Gasteiger charge is -2.34. The Morgan fingerprint density at radius 3 is 1.65 bits per heavy atom. The Bertz CT molecular complexity index is 571. The van der Waals surface area contributed by atoms with Crippen LogP contribution in [0.25, 0.3) is 0 Å². The van der Waals surface area contributed by atoms with E-state index in [0.29, 0.717) is 11.4 Å². The highest BCUT2D eigenvalue weighted by Crippen LogP contribution is 2.27. The molecule has 0 saturated carbocycles. The molecule has 0 saturated heterocycles. The highest BCUT2D eigenvalue weighted by atomic mass is 32.1. The minimum atomic E-state index is -0.829. The van der Waals surface area contributed by atoms with Crippen molar-refractivity contribution in [1.82, 2.24) is 0 Å². The second-order valence-electron chi connectivity index (χ2n) is 9.66. The molecular weight excluding hydrogens is 466 g/mol. The van der Waals surface area contributed by atoms with Gasteiger partial charge in [0.25, 0.3) is 0 Å². The van der Waals surface area contributed by atoms with E-state index in [2.05, 4.69) is 13.8 Å². The van der Waals surface area contributed by atoms with Crippen LogP contribution in [0.1, 0.15) is 125 Å². The number of esters is 2. The van der Waals surface area contributed by atoms with Gasteiger partial charge in [0.2, 0.25) is 4.99 Å². The summed E-state index contributed by atoms with van der Waals surface area (Å²) in [7, 11) is 0. The molecule has 0 aromatic heterocycles. The number of hydrogen-bond donors (Lipinski definition) is 1. The Labute approximate surface area is 220 Å². The smallest absolute Gasteiger partial charge is 0.320 e. The number of unbranched alkanes of at least 4 members (excludes halogenated alkanes) is 8. The molecule has 0 spiro atoms. The third-order valence-electron chi connectivity index (χ3n) is 6.43. The first-order valence-electron chi connectivity index (χ1n) is 13.7. The zero-order valence-corrected chi connectivity index (χ0v) is 24.5. The quantitative estimate of drug-likeness (QED) is 0.0591. The first-order chi connectivity index (χ1) is 16.1. The molecule has 0 aliphatic carbocycles. The number of hydrogen-bond acceptors (Lipinski definition) is 6. The molecule has 0 rings (SSSR count). The van der Waals surface area contributed by atoms with E-state index in [0.717, 1.165) is 45.2 Å². The van der Waals surface area contributed by atoms with Gasteiger partial charge in [-0.05, 0) is 64.6 Å². The van der Waals surface area contributed by atoms with E-state index in [9.17, 15) is 9.59 Å². The zero-order chi connectivity index (χ0) is 26.0. The van der Waals surface area contributed by atoms with Crippen molar-refractivity contribution in [2.45, 2.75) is 137 Å². The summed E-state index contributed by atoms with van der Waals surface area (Å²) in [6, 6.07) is 0. The van der Waals surface area contributed by atoms with Crippen LogP contribution in [0.15, 0.2) is 0 Å². The summed E-state index contributed by atoms with van der Waals surface area (Å²) >= 11 is 11.0. The van der Waals surface area contributed by atoms with Crippen molar-refractivity contribution in [2.24, 2.45) is 5.92 Å². The van der Waals surface area contributed by atoms with Crippen LogP contribution in [-0.2, 0) is 19.1 Å². The fourth-order valence-corrected chi connectivity index (χ4v) is 4.52. The molecular formula is C27H52NO4S2+. The van der Waals surface area contributed by atoms with E-state index in [1.165, 1.54) is 38.5 Å². The number of nitrogens with zero attached hydrogens (tertiary/aromatic N) is 1. The van der Waals surface area contributed by atoms with Crippen LogP contribution >= 0.6 is 25.0 Å². The third-order valence-corrected chi connectivity index (χ3v) is 7.81. The monoisotopic (exact) mass is 518 g/mol. The average Bonchev–Trinajstić information content (AvgIpc) is 2.81. The van der Waals surface area contributed by atoms with E-state index in [1.54, 1.807) is 0 Å². The first kappa shape index (κ1) is 33.3. The average molecular weight is 519 g/mol. The largest absolute Gasteiger partial charge is 0.463 e. The molecule has 0 aromatic carbocycles. The van der Waals surface area contributed by atoms with Crippen molar-refractivity contribution < 1.29 is 23.0 Å². The van der Waals surface area contributed by atoms with Crippen molar-refractivity contribution in [1.29, 1.82) is 0 Å². The molecule has 3 atom stereocenters. The molecule has 0 fully saturated rings. The lowest BCUT2D eigenvalue weighted by atomic mass is 10.0. The highest BCUT2D eigenvalue weighted by molar-refractivity contribution is 7.82. The van der Waals surface area contributed by atoms with Gasteiger partial charge in [-0.1, -0.05) is 66.2 Å². The van der Waals surface area contributed by atoms with E-state index in [-0.39, 0.29) is 22.5 Å². The van der Waals surface area contributed by atoms with Crippen LogP contribution in [0.3, 0.4) is 0 Å². The Hall–Kier alpha value is -0.660. The topological polar surface area (TPSA) is 52.6 Å². The van der Waals surface area contributed by atoms with Crippen LogP contribution in [0.4, 0.5) is 0 Å². The molecule has 0 aromatic rings. The number of rotatable bonds is 20. The summed E-state index contributed by atoms with van der Waals surface area (Å²) < 4.78 is 11.4. The molecule has 0 bridgehead atoms. The first-order valence-corrected chi connectivity index (χ1v) is 14.5. The van der Waals surface area contributed by atoms with E-state index in [4.69, 9.17) is 34.5 Å². The summed E-state index contributed by atoms with van der Waals surface area (Å²) in [4.78, 5) is 26.3. The molecule has 0 aliphatic rings. The molecule has 3 unspecified atom stereocenters. The molecule has 200 valence electrons. The fourth-order valence-electron chi connectivity index (χ4n) is 3.73. The summed E-state index contributed by atoms with van der Waals surface area (Å²) in [5.41, 5.74) is 0. The predicted octanol–water partition coefficient (Wildman–Crippen LogP) is 7.61. The maximum Gasteiger partial charge on any atom is 0.320 e. The normalized spacial score (nSPS) is 14.3. The number of ether oxygens (including phenoxy) is 2. The molecule has 7 heteroatoms. The third kappa shape index (κ3) is 14.0. The van der Waals surface area contributed by atoms with Gasteiger partial charge in [0, 0.05) is 0 Å².